The standard InChI is InChI=1S/C19H22N2O/c1-20-18(22)19(12-16-10-6-7-11-17(16)13-19)21(2)14-15-8-4-3-5-9-15/h3-11H,12-14H2,1-2H3,(H,20,22). The van der Waals surface area contributed by atoms with E-state index in [1.54, 1.807) is 7.05 Å². The highest BCUT2D eigenvalue weighted by Gasteiger charge is 2.46. The van der Waals surface area contributed by atoms with Gasteiger partial charge in [-0.25, -0.2) is 0 Å². The van der Waals surface area contributed by atoms with E-state index >= 15 is 0 Å². The van der Waals surface area contributed by atoms with E-state index < -0.39 is 5.54 Å². The zero-order valence-corrected chi connectivity index (χ0v) is 13.2. The number of nitrogens with one attached hydrogen (secondary N) is 1. The van der Waals surface area contributed by atoms with Crippen molar-refractivity contribution in [1.82, 2.24) is 10.2 Å². The van der Waals surface area contributed by atoms with Crippen LogP contribution in [0.25, 0.3) is 0 Å². The summed E-state index contributed by atoms with van der Waals surface area (Å²) in [6, 6.07) is 18.7. The van der Waals surface area contributed by atoms with Gasteiger partial charge in [-0.15, -0.1) is 0 Å². The lowest BCUT2D eigenvalue weighted by atomic mass is 9.92. The molecule has 114 valence electrons. The largest absolute Gasteiger partial charge is 0.358 e. The minimum atomic E-state index is -0.492. The number of fused-ring (bicyclic) bond motifs is 1. The Kier molecular flexibility index (Phi) is 3.99. The van der Waals surface area contributed by atoms with Crippen molar-refractivity contribution in [3.05, 3.63) is 71.3 Å². The van der Waals surface area contributed by atoms with E-state index in [1.807, 2.05) is 25.2 Å². The quantitative estimate of drug-likeness (QED) is 0.939. The van der Waals surface area contributed by atoms with Crippen molar-refractivity contribution in [1.29, 1.82) is 0 Å². The van der Waals surface area contributed by atoms with E-state index in [0.29, 0.717) is 0 Å². The predicted molar refractivity (Wildman–Crippen MR) is 88.6 cm³/mol. The highest BCUT2D eigenvalue weighted by Crippen LogP contribution is 2.35. The molecule has 1 aliphatic carbocycles. The fraction of sp³-hybridized carbons (Fsp3) is 0.316. The third kappa shape index (κ3) is 2.53. The molecular formula is C19H22N2O. The number of hydrogen-bond acceptors (Lipinski definition) is 2. The Morgan fingerprint density at radius 3 is 2.14 bits per heavy atom. The molecule has 1 amide bonds. The van der Waals surface area contributed by atoms with Crippen LogP contribution in [0.3, 0.4) is 0 Å². The first-order chi connectivity index (χ1) is 10.7. The van der Waals surface area contributed by atoms with Gasteiger partial charge in [0.05, 0.1) is 0 Å². The summed E-state index contributed by atoms with van der Waals surface area (Å²) in [5.41, 5.74) is 3.30. The first-order valence-corrected chi connectivity index (χ1v) is 7.70. The van der Waals surface area contributed by atoms with Gasteiger partial charge in [0.2, 0.25) is 5.91 Å². The lowest BCUT2D eigenvalue weighted by Gasteiger charge is -2.37. The molecule has 0 fully saturated rings. The molecule has 22 heavy (non-hydrogen) atoms. The fourth-order valence-corrected chi connectivity index (χ4v) is 3.44. The number of carbonyl (C=O) groups is 1. The van der Waals surface area contributed by atoms with Crippen LogP contribution < -0.4 is 5.32 Å². The van der Waals surface area contributed by atoms with Gasteiger partial charge in [-0.2, -0.15) is 0 Å². The van der Waals surface area contributed by atoms with Crippen LogP contribution >= 0.6 is 0 Å². The van der Waals surface area contributed by atoms with E-state index in [4.69, 9.17) is 0 Å². The number of amides is 1. The molecule has 3 rings (SSSR count). The Hall–Kier alpha value is -2.13. The molecule has 0 atom stereocenters. The van der Waals surface area contributed by atoms with Crippen molar-refractivity contribution in [2.24, 2.45) is 0 Å². The summed E-state index contributed by atoms with van der Waals surface area (Å²) in [5, 5.41) is 2.87. The lowest BCUT2D eigenvalue weighted by molar-refractivity contribution is -0.132. The molecule has 3 nitrogen and oxygen atoms in total. The first kappa shape index (κ1) is 14.8. The SMILES string of the molecule is CNC(=O)C1(N(C)Cc2ccccc2)Cc2ccccc2C1. The average molecular weight is 294 g/mol. The van der Waals surface area contributed by atoms with Crippen LogP contribution in [-0.2, 0) is 24.2 Å². The number of nitrogens with zero attached hydrogens (tertiary/aromatic N) is 1. The van der Waals surface area contributed by atoms with Gasteiger partial charge in [-0.05, 0) is 23.7 Å². The summed E-state index contributed by atoms with van der Waals surface area (Å²) in [4.78, 5) is 14.9. The monoisotopic (exact) mass is 294 g/mol. The molecule has 2 aromatic rings. The average Bonchev–Trinajstić information content (AvgIpc) is 2.96. The van der Waals surface area contributed by atoms with Crippen molar-refractivity contribution in [3.8, 4) is 0 Å². The molecule has 0 saturated heterocycles. The molecule has 2 aromatic carbocycles. The summed E-state index contributed by atoms with van der Waals surface area (Å²) >= 11 is 0. The van der Waals surface area contributed by atoms with E-state index in [0.717, 1.165) is 19.4 Å². The Balaban J connectivity index is 1.90. The summed E-state index contributed by atoms with van der Waals surface area (Å²) in [6.07, 6.45) is 1.54. The topological polar surface area (TPSA) is 32.3 Å². The van der Waals surface area contributed by atoms with Gasteiger partial charge in [0, 0.05) is 26.4 Å². The van der Waals surface area contributed by atoms with Gasteiger partial charge < -0.3 is 5.32 Å². The number of hydrogen-bond donors (Lipinski definition) is 1. The van der Waals surface area contributed by atoms with Crippen molar-refractivity contribution < 1.29 is 4.79 Å². The van der Waals surface area contributed by atoms with Crippen LogP contribution in [-0.4, -0.2) is 30.4 Å². The van der Waals surface area contributed by atoms with Crippen LogP contribution in [0.15, 0.2) is 54.6 Å². The minimum Gasteiger partial charge on any atom is -0.358 e. The van der Waals surface area contributed by atoms with E-state index in [-0.39, 0.29) is 5.91 Å². The van der Waals surface area contributed by atoms with Gasteiger partial charge >= 0.3 is 0 Å². The molecule has 0 bridgehead atoms. The number of benzene rings is 2. The number of rotatable bonds is 4. The normalized spacial score (nSPS) is 15.6. The molecule has 3 heteroatoms. The van der Waals surface area contributed by atoms with E-state index in [1.165, 1.54) is 16.7 Å². The van der Waals surface area contributed by atoms with Gasteiger partial charge in [-0.3, -0.25) is 9.69 Å². The molecule has 0 aromatic heterocycles. The highest BCUT2D eigenvalue weighted by molar-refractivity contribution is 5.88. The zero-order chi connectivity index (χ0) is 15.6. The van der Waals surface area contributed by atoms with Crippen LogP contribution in [0.5, 0.6) is 0 Å². The van der Waals surface area contributed by atoms with E-state index in [2.05, 4.69) is 46.6 Å². The first-order valence-electron chi connectivity index (χ1n) is 7.70. The van der Waals surface area contributed by atoms with Crippen molar-refractivity contribution in [2.45, 2.75) is 24.9 Å². The van der Waals surface area contributed by atoms with Gasteiger partial charge in [0.1, 0.15) is 5.54 Å². The Morgan fingerprint density at radius 2 is 1.59 bits per heavy atom. The minimum absolute atomic E-state index is 0.0992. The third-order valence-corrected chi connectivity index (χ3v) is 4.73. The molecule has 1 aliphatic rings. The van der Waals surface area contributed by atoms with E-state index in [9.17, 15) is 4.79 Å². The summed E-state index contributed by atoms with van der Waals surface area (Å²) in [7, 11) is 3.78. The fourth-order valence-electron chi connectivity index (χ4n) is 3.44. The highest BCUT2D eigenvalue weighted by atomic mass is 16.2. The zero-order valence-electron chi connectivity index (χ0n) is 13.2. The number of likely N-dealkylation sites (N-methyl/N-ethyl adjacent to an activating group) is 2. The third-order valence-electron chi connectivity index (χ3n) is 4.73. The van der Waals surface area contributed by atoms with Crippen LogP contribution in [0, 0.1) is 0 Å². The molecule has 1 N–H and O–H groups in total. The maximum absolute atomic E-state index is 12.7. The lowest BCUT2D eigenvalue weighted by Crippen LogP contribution is -2.57. The number of carbonyl (C=O) groups excluding carboxylic acids is 1. The molecule has 0 heterocycles. The second-order valence-electron chi connectivity index (χ2n) is 6.07. The van der Waals surface area contributed by atoms with Crippen molar-refractivity contribution in [3.63, 3.8) is 0 Å². The van der Waals surface area contributed by atoms with Crippen LogP contribution in [0.4, 0.5) is 0 Å². The molecular weight excluding hydrogens is 272 g/mol. The molecule has 0 unspecified atom stereocenters. The van der Waals surface area contributed by atoms with Crippen LogP contribution in [0.1, 0.15) is 16.7 Å². The Bertz CT molecular complexity index is 641. The maximum atomic E-state index is 12.7. The second kappa shape index (κ2) is 5.93. The van der Waals surface area contributed by atoms with Crippen molar-refractivity contribution >= 4 is 5.91 Å². The van der Waals surface area contributed by atoms with Crippen molar-refractivity contribution in [2.75, 3.05) is 14.1 Å². The van der Waals surface area contributed by atoms with Crippen LogP contribution in [0.2, 0.25) is 0 Å². The molecule has 0 saturated carbocycles. The van der Waals surface area contributed by atoms with Gasteiger partial charge in [-0.1, -0.05) is 54.6 Å². The summed E-state index contributed by atoms with van der Waals surface area (Å²) < 4.78 is 0. The molecule has 0 spiro atoms. The van der Waals surface area contributed by atoms with Gasteiger partial charge in [0.25, 0.3) is 0 Å². The molecule has 0 aliphatic heterocycles. The second-order valence-corrected chi connectivity index (χ2v) is 6.07. The summed E-state index contributed by atoms with van der Waals surface area (Å²) in [6.45, 7) is 0.766. The Morgan fingerprint density at radius 1 is 1.05 bits per heavy atom. The Labute approximate surface area is 132 Å². The maximum Gasteiger partial charge on any atom is 0.240 e. The molecule has 0 radical (unpaired) electrons. The summed E-state index contributed by atoms with van der Waals surface area (Å²) in [5.74, 6) is 0.0992. The van der Waals surface area contributed by atoms with Gasteiger partial charge in [0.15, 0.2) is 0 Å². The predicted octanol–water partition coefficient (Wildman–Crippen LogP) is 2.40. The smallest absolute Gasteiger partial charge is 0.240 e.